The molecule has 2 rings (SSSR count). The highest BCUT2D eigenvalue weighted by atomic mass is 16.4. The Balaban J connectivity index is 1.97. The summed E-state index contributed by atoms with van der Waals surface area (Å²) in [6, 6.07) is -0.509. The molecule has 1 saturated heterocycles. The smallest absolute Gasteiger partial charge is 0.325 e. The predicted molar refractivity (Wildman–Crippen MR) is 75.9 cm³/mol. The van der Waals surface area contributed by atoms with E-state index in [0.717, 1.165) is 17.5 Å². The number of carboxylic acid groups (broad SMARTS) is 1. The van der Waals surface area contributed by atoms with E-state index in [4.69, 9.17) is 5.11 Å². The molecular weight excluding hydrogens is 290 g/mol. The molecule has 0 aliphatic carbocycles. The Labute approximate surface area is 127 Å². The maximum atomic E-state index is 12.3. The monoisotopic (exact) mass is 309 g/mol. The molecule has 1 aliphatic rings. The number of nitrogens with one attached hydrogen (secondary N) is 1. The normalized spacial score (nSPS) is 17.5. The van der Waals surface area contributed by atoms with Gasteiger partial charge in [-0.3, -0.25) is 19.7 Å². The number of carbonyl (C=O) groups excluding carboxylic acids is 2. The van der Waals surface area contributed by atoms with Crippen LogP contribution >= 0.6 is 0 Å². The van der Waals surface area contributed by atoms with Gasteiger partial charge in [-0.05, 0) is 19.3 Å². The molecule has 0 saturated carbocycles. The Kier molecular flexibility index (Phi) is 5.08. The molecule has 0 bridgehead atoms. The van der Waals surface area contributed by atoms with Crippen LogP contribution in [0, 0.1) is 0 Å². The number of aromatic nitrogens is 3. The molecule has 1 atom stereocenters. The summed E-state index contributed by atoms with van der Waals surface area (Å²) < 4.78 is 1.12. The third-order valence-corrected chi connectivity index (χ3v) is 3.41. The maximum absolute atomic E-state index is 12.3. The molecule has 2 amide bonds. The van der Waals surface area contributed by atoms with Crippen molar-refractivity contribution in [1.29, 1.82) is 0 Å². The van der Waals surface area contributed by atoms with Crippen LogP contribution in [-0.4, -0.2) is 55.1 Å². The van der Waals surface area contributed by atoms with Gasteiger partial charge in [-0.1, -0.05) is 6.92 Å². The minimum absolute atomic E-state index is 0.0236. The van der Waals surface area contributed by atoms with Crippen LogP contribution in [0.1, 0.15) is 32.6 Å². The largest absolute Gasteiger partial charge is 0.480 e. The molecule has 1 aromatic rings. The van der Waals surface area contributed by atoms with Gasteiger partial charge in [-0.25, -0.2) is 9.67 Å². The lowest BCUT2D eigenvalue weighted by Gasteiger charge is -2.23. The van der Waals surface area contributed by atoms with Crippen molar-refractivity contribution >= 4 is 23.7 Å². The molecule has 1 fully saturated rings. The van der Waals surface area contributed by atoms with Crippen LogP contribution in [-0.2, 0) is 20.9 Å². The molecule has 0 spiro atoms. The zero-order valence-corrected chi connectivity index (χ0v) is 12.4. The Morgan fingerprint density at radius 2 is 2.23 bits per heavy atom. The fourth-order valence-corrected chi connectivity index (χ4v) is 2.46. The van der Waals surface area contributed by atoms with Crippen molar-refractivity contribution in [2.24, 2.45) is 0 Å². The second-order valence-electron chi connectivity index (χ2n) is 5.14. The highest BCUT2D eigenvalue weighted by Crippen LogP contribution is 2.19. The summed E-state index contributed by atoms with van der Waals surface area (Å²) in [7, 11) is 0. The molecule has 0 radical (unpaired) electrons. The van der Waals surface area contributed by atoms with Crippen LogP contribution in [0.4, 0.5) is 5.95 Å². The summed E-state index contributed by atoms with van der Waals surface area (Å²) >= 11 is 0. The number of carboxylic acids is 1. The van der Waals surface area contributed by atoms with Crippen molar-refractivity contribution in [3.8, 4) is 0 Å². The Hall–Kier alpha value is -2.45. The summed E-state index contributed by atoms with van der Waals surface area (Å²) in [6.45, 7) is 2.17. The van der Waals surface area contributed by atoms with E-state index in [2.05, 4.69) is 15.4 Å². The van der Waals surface area contributed by atoms with E-state index in [1.54, 1.807) is 4.90 Å². The van der Waals surface area contributed by atoms with Crippen LogP contribution in [0.5, 0.6) is 0 Å². The lowest BCUT2D eigenvalue weighted by atomic mass is 10.2. The minimum Gasteiger partial charge on any atom is -0.480 e. The second kappa shape index (κ2) is 7.01. The van der Waals surface area contributed by atoms with Crippen LogP contribution < -0.4 is 5.32 Å². The van der Waals surface area contributed by atoms with E-state index in [0.29, 0.717) is 19.4 Å². The minimum atomic E-state index is -1.05. The van der Waals surface area contributed by atoms with Gasteiger partial charge in [0.05, 0.1) is 0 Å². The Bertz CT molecular complexity index is 571. The quantitative estimate of drug-likeness (QED) is 0.769. The van der Waals surface area contributed by atoms with Gasteiger partial charge in [0.25, 0.3) is 0 Å². The van der Waals surface area contributed by atoms with Crippen LogP contribution in [0.3, 0.4) is 0 Å². The zero-order valence-electron chi connectivity index (χ0n) is 12.4. The SMILES string of the molecule is CCCC(=O)N1CCCC1C(=O)Nc1ncn(CC(=O)O)n1. The first-order valence-electron chi connectivity index (χ1n) is 7.22. The van der Waals surface area contributed by atoms with Crippen LogP contribution in [0.25, 0.3) is 0 Å². The van der Waals surface area contributed by atoms with Gasteiger partial charge >= 0.3 is 5.97 Å². The fourth-order valence-electron chi connectivity index (χ4n) is 2.46. The summed E-state index contributed by atoms with van der Waals surface area (Å²) in [5.74, 6) is -1.37. The molecule has 120 valence electrons. The number of anilines is 1. The first kappa shape index (κ1) is 15.9. The van der Waals surface area contributed by atoms with Crippen molar-refractivity contribution in [2.75, 3.05) is 11.9 Å². The average Bonchev–Trinajstić information content (AvgIpc) is 3.07. The van der Waals surface area contributed by atoms with E-state index in [1.807, 2.05) is 6.92 Å². The topological polar surface area (TPSA) is 117 Å². The van der Waals surface area contributed by atoms with Gasteiger partial charge in [0.1, 0.15) is 18.9 Å². The summed E-state index contributed by atoms with van der Waals surface area (Å²) in [4.78, 5) is 40.2. The zero-order chi connectivity index (χ0) is 16.1. The predicted octanol–water partition coefficient (Wildman–Crippen LogP) is 0.0923. The number of carbonyl (C=O) groups is 3. The summed E-state index contributed by atoms with van der Waals surface area (Å²) in [6.07, 6.45) is 3.80. The highest BCUT2D eigenvalue weighted by molar-refractivity contribution is 5.96. The van der Waals surface area contributed by atoms with Crippen molar-refractivity contribution in [3.05, 3.63) is 6.33 Å². The van der Waals surface area contributed by atoms with E-state index in [9.17, 15) is 14.4 Å². The van der Waals surface area contributed by atoms with Gasteiger partial charge in [-0.2, -0.15) is 0 Å². The summed E-state index contributed by atoms with van der Waals surface area (Å²) in [5.41, 5.74) is 0. The lowest BCUT2D eigenvalue weighted by Crippen LogP contribution is -2.43. The number of rotatable bonds is 6. The second-order valence-corrected chi connectivity index (χ2v) is 5.14. The molecule has 1 aromatic heterocycles. The molecule has 9 nitrogen and oxygen atoms in total. The average molecular weight is 309 g/mol. The van der Waals surface area contributed by atoms with E-state index >= 15 is 0 Å². The first-order valence-corrected chi connectivity index (χ1v) is 7.22. The molecule has 1 aliphatic heterocycles. The molecular formula is C13H19N5O4. The molecule has 0 aromatic carbocycles. The van der Waals surface area contributed by atoms with Crippen LogP contribution in [0.15, 0.2) is 6.33 Å². The van der Waals surface area contributed by atoms with Crippen molar-refractivity contribution < 1.29 is 19.5 Å². The van der Waals surface area contributed by atoms with Crippen LogP contribution in [0.2, 0.25) is 0 Å². The maximum Gasteiger partial charge on any atom is 0.325 e. The van der Waals surface area contributed by atoms with E-state index < -0.39 is 12.0 Å². The van der Waals surface area contributed by atoms with Gasteiger partial charge in [-0.15, -0.1) is 5.10 Å². The number of nitrogens with zero attached hydrogens (tertiary/aromatic N) is 4. The van der Waals surface area contributed by atoms with Gasteiger partial charge in [0.2, 0.25) is 17.8 Å². The highest BCUT2D eigenvalue weighted by Gasteiger charge is 2.33. The third-order valence-electron chi connectivity index (χ3n) is 3.41. The number of likely N-dealkylation sites (tertiary alicyclic amines) is 1. The molecule has 22 heavy (non-hydrogen) atoms. The van der Waals surface area contributed by atoms with Crippen molar-refractivity contribution in [2.45, 2.75) is 45.2 Å². The number of aliphatic carboxylic acids is 1. The molecule has 2 heterocycles. The van der Waals surface area contributed by atoms with E-state index in [1.165, 1.54) is 6.33 Å². The molecule has 1 unspecified atom stereocenters. The third kappa shape index (κ3) is 3.80. The molecule has 2 N–H and O–H groups in total. The lowest BCUT2D eigenvalue weighted by molar-refractivity contribution is -0.138. The number of hydrogen-bond acceptors (Lipinski definition) is 5. The molecule has 9 heteroatoms. The van der Waals surface area contributed by atoms with Gasteiger partial charge in [0.15, 0.2) is 0 Å². The Morgan fingerprint density at radius 1 is 1.45 bits per heavy atom. The fraction of sp³-hybridized carbons (Fsp3) is 0.615. The van der Waals surface area contributed by atoms with Crippen molar-refractivity contribution in [3.63, 3.8) is 0 Å². The first-order chi connectivity index (χ1) is 10.5. The Morgan fingerprint density at radius 3 is 2.91 bits per heavy atom. The van der Waals surface area contributed by atoms with Gasteiger partial charge < -0.3 is 10.0 Å². The van der Waals surface area contributed by atoms with E-state index in [-0.39, 0.29) is 24.3 Å². The summed E-state index contributed by atoms with van der Waals surface area (Å²) in [5, 5.41) is 15.0. The number of amides is 2. The van der Waals surface area contributed by atoms with Crippen molar-refractivity contribution in [1.82, 2.24) is 19.7 Å². The van der Waals surface area contributed by atoms with Gasteiger partial charge in [0, 0.05) is 13.0 Å². The number of hydrogen-bond donors (Lipinski definition) is 2. The standard InChI is InChI=1S/C13H19N5O4/c1-2-4-10(19)18-6-3-5-9(18)12(22)15-13-14-8-17(16-13)7-11(20)21/h8-9H,2-7H2,1H3,(H,20,21)(H,15,16,22).